The van der Waals surface area contributed by atoms with Crippen LogP contribution in [0.25, 0.3) is 0 Å². The highest BCUT2D eigenvalue weighted by molar-refractivity contribution is 9.10. The summed E-state index contributed by atoms with van der Waals surface area (Å²) in [6, 6.07) is 3.95. The van der Waals surface area contributed by atoms with Gasteiger partial charge in [0.05, 0.1) is 11.3 Å². The van der Waals surface area contributed by atoms with Crippen molar-refractivity contribution in [3.63, 3.8) is 0 Å². The van der Waals surface area contributed by atoms with E-state index in [9.17, 15) is 4.79 Å². The Kier molecular flexibility index (Phi) is 4.04. The smallest absolute Gasteiger partial charge is 0.339 e. The third-order valence-electron chi connectivity index (χ3n) is 2.90. The Morgan fingerprint density at radius 2 is 1.85 bits per heavy atom. The molecule has 0 saturated heterocycles. The maximum atomic E-state index is 10.9. The Morgan fingerprint density at radius 1 is 1.25 bits per heavy atom. The highest BCUT2D eigenvalue weighted by Crippen LogP contribution is 2.26. The summed E-state index contributed by atoms with van der Waals surface area (Å²) in [4.78, 5) is 19.1. The molecule has 0 atom stereocenters. The molecule has 0 spiro atoms. The van der Waals surface area contributed by atoms with Gasteiger partial charge in [-0.05, 0) is 44.0 Å². The Bertz CT molecular complexity index is 663. The van der Waals surface area contributed by atoms with Crippen molar-refractivity contribution in [2.45, 2.75) is 20.8 Å². The molecule has 0 amide bonds. The van der Waals surface area contributed by atoms with Crippen LogP contribution in [0.4, 0.5) is 11.6 Å². The van der Waals surface area contributed by atoms with Gasteiger partial charge in [-0.3, -0.25) is 0 Å². The maximum Gasteiger partial charge on any atom is 0.339 e. The number of carbonyl (C=O) groups is 1. The van der Waals surface area contributed by atoms with E-state index < -0.39 is 5.97 Å². The molecule has 1 heterocycles. The van der Waals surface area contributed by atoms with Crippen molar-refractivity contribution < 1.29 is 9.90 Å². The summed E-state index contributed by atoms with van der Waals surface area (Å²) in [7, 11) is 0. The molecule has 1 aromatic heterocycles. The lowest BCUT2D eigenvalue weighted by Gasteiger charge is -2.10. The summed E-state index contributed by atoms with van der Waals surface area (Å²) < 4.78 is 1.07. The molecule has 5 nitrogen and oxygen atoms in total. The van der Waals surface area contributed by atoms with Crippen LogP contribution < -0.4 is 5.32 Å². The molecule has 0 aliphatic carbocycles. The predicted octanol–water partition coefficient (Wildman–Crippen LogP) is 3.61. The van der Waals surface area contributed by atoms with Crippen molar-refractivity contribution in [2.24, 2.45) is 0 Å². The highest BCUT2D eigenvalue weighted by Gasteiger charge is 2.10. The van der Waals surface area contributed by atoms with Gasteiger partial charge in [0.15, 0.2) is 0 Å². The first kappa shape index (κ1) is 14.5. The number of hydrogen-bond donors (Lipinski definition) is 2. The van der Waals surface area contributed by atoms with Gasteiger partial charge in [-0.25, -0.2) is 14.8 Å². The fourth-order valence-electron chi connectivity index (χ4n) is 1.88. The van der Waals surface area contributed by atoms with Crippen molar-refractivity contribution in [1.82, 2.24) is 9.97 Å². The van der Waals surface area contributed by atoms with Crippen LogP contribution >= 0.6 is 15.9 Å². The zero-order valence-corrected chi connectivity index (χ0v) is 12.9. The summed E-state index contributed by atoms with van der Waals surface area (Å²) in [6.45, 7) is 5.65. The quantitative estimate of drug-likeness (QED) is 0.896. The number of nitrogens with one attached hydrogen (secondary N) is 1. The maximum absolute atomic E-state index is 10.9. The third kappa shape index (κ3) is 2.96. The van der Waals surface area contributed by atoms with Gasteiger partial charge in [0, 0.05) is 16.4 Å². The van der Waals surface area contributed by atoms with E-state index in [1.54, 1.807) is 6.92 Å². The van der Waals surface area contributed by atoms with Gasteiger partial charge in [0.2, 0.25) is 5.95 Å². The molecule has 0 radical (unpaired) electrons. The third-order valence-corrected chi connectivity index (χ3v) is 4.15. The van der Waals surface area contributed by atoms with Crippen LogP contribution in [0.15, 0.2) is 22.8 Å². The number of carboxylic acid groups (broad SMARTS) is 1. The predicted molar refractivity (Wildman–Crippen MR) is 80.6 cm³/mol. The summed E-state index contributed by atoms with van der Waals surface area (Å²) in [5.74, 6) is -0.641. The molecule has 2 aromatic rings. The number of nitrogens with zero attached hydrogens (tertiary/aromatic N) is 2. The van der Waals surface area contributed by atoms with Gasteiger partial charge < -0.3 is 10.4 Å². The molecular formula is C14H14BrN3O2. The molecule has 2 N–H and O–H groups in total. The first-order chi connectivity index (χ1) is 9.38. The monoisotopic (exact) mass is 335 g/mol. The van der Waals surface area contributed by atoms with E-state index in [0.29, 0.717) is 11.6 Å². The second-order valence-electron chi connectivity index (χ2n) is 4.55. The molecule has 6 heteroatoms. The number of carboxylic acids is 1. The van der Waals surface area contributed by atoms with Crippen LogP contribution in [0.5, 0.6) is 0 Å². The van der Waals surface area contributed by atoms with Crippen molar-refractivity contribution in [3.8, 4) is 0 Å². The van der Waals surface area contributed by atoms with Gasteiger partial charge in [0.1, 0.15) is 0 Å². The van der Waals surface area contributed by atoms with Crippen molar-refractivity contribution in [2.75, 3.05) is 5.32 Å². The van der Waals surface area contributed by atoms with Crippen LogP contribution in [0.3, 0.4) is 0 Å². The molecule has 0 fully saturated rings. The summed E-state index contributed by atoms with van der Waals surface area (Å²) in [5.41, 5.74) is 3.61. The van der Waals surface area contributed by atoms with Gasteiger partial charge >= 0.3 is 5.97 Å². The summed E-state index contributed by atoms with van der Waals surface area (Å²) in [5, 5.41) is 12.0. The topological polar surface area (TPSA) is 75.1 Å². The number of halogens is 1. The lowest BCUT2D eigenvalue weighted by molar-refractivity contribution is 0.0695. The first-order valence-electron chi connectivity index (χ1n) is 5.99. The van der Waals surface area contributed by atoms with Crippen molar-refractivity contribution in [3.05, 3.63) is 45.2 Å². The average Bonchev–Trinajstić information content (AvgIpc) is 2.35. The van der Waals surface area contributed by atoms with E-state index in [1.165, 1.54) is 6.20 Å². The lowest BCUT2D eigenvalue weighted by Crippen LogP contribution is -2.06. The number of rotatable bonds is 3. The number of aromatic nitrogens is 2. The molecule has 1 aromatic carbocycles. The van der Waals surface area contributed by atoms with Gasteiger partial charge in [-0.1, -0.05) is 15.9 Å². The SMILES string of the molecule is Cc1cc(Nc2ncc(C(=O)O)c(C)n2)cc(C)c1Br. The number of aromatic carboxylic acids is 1. The zero-order chi connectivity index (χ0) is 14.9. The fraction of sp³-hybridized carbons (Fsp3) is 0.214. The van der Waals surface area contributed by atoms with Crippen molar-refractivity contribution in [1.29, 1.82) is 0 Å². The largest absolute Gasteiger partial charge is 0.478 e. The van der Waals surface area contributed by atoms with Crippen LogP contribution in [0.1, 0.15) is 27.2 Å². The minimum Gasteiger partial charge on any atom is -0.478 e. The van der Waals surface area contributed by atoms with E-state index in [1.807, 2.05) is 26.0 Å². The molecule has 104 valence electrons. The normalized spacial score (nSPS) is 10.4. The fourth-order valence-corrected chi connectivity index (χ4v) is 2.11. The minimum atomic E-state index is -1.02. The molecule has 0 bridgehead atoms. The Morgan fingerprint density at radius 3 is 2.35 bits per heavy atom. The standard InChI is InChI=1S/C14H14BrN3O2/c1-7-4-10(5-8(2)12(7)15)18-14-16-6-11(13(19)20)9(3)17-14/h4-6H,1-3H3,(H,19,20)(H,16,17,18). The number of benzene rings is 1. The number of hydrogen-bond acceptors (Lipinski definition) is 4. The summed E-state index contributed by atoms with van der Waals surface area (Å²) >= 11 is 3.51. The molecule has 0 aliphatic heterocycles. The second kappa shape index (κ2) is 5.58. The molecule has 2 rings (SSSR count). The zero-order valence-electron chi connectivity index (χ0n) is 11.4. The first-order valence-corrected chi connectivity index (χ1v) is 6.78. The van der Waals surface area contributed by atoms with E-state index >= 15 is 0 Å². The second-order valence-corrected chi connectivity index (χ2v) is 5.34. The van der Waals surface area contributed by atoms with E-state index in [0.717, 1.165) is 21.3 Å². The molecule has 20 heavy (non-hydrogen) atoms. The molecule has 0 saturated carbocycles. The Balaban J connectivity index is 2.31. The lowest BCUT2D eigenvalue weighted by atomic mass is 10.1. The van der Waals surface area contributed by atoms with Gasteiger partial charge in [-0.2, -0.15) is 0 Å². The van der Waals surface area contributed by atoms with Crippen LogP contribution in [0.2, 0.25) is 0 Å². The minimum absolute atomic E-state index is 0.110. The Hall–Kier alpha value is -1.95. The summed E-state index contributed by atoms with van der Waals surface area (Å²) in [6.07, 6.45) is 1.31. The van der Waals surface area contributed by atoms with Crippen LogP contribution in [0, 0.1) is 20.8 Å². The molecule has 0 aliphatic rings. The van der Waals surface area contributed by atoms with E-state index in [-0.39, 0.29) is 5.56 Å². The highest BCUT2D eigenvalue weighted by atomic mass is 79.9. The van der Waals surface area contributed by atoms with Crippen LogP contribution in [-0.2, 0) is 0 Å². The van der Waals surface area contributed by atoms with Crippen LogP contribution in [-0.4, -0.2) is 21.0 Å². The molecule has 0 unspecified atom stereocenters. The van der Waals surface area contributed by atoms with Crippen molar-refractivity contribution >= 4 is 33.5 Å². The average molecular weight is 336 g/mol. The van der Waals surface area contributed by atoms with E-state index in [4.69, 9.17) is 5.11 Å². The van der Waals surface area contributed by atoms with E-state index in [2.05, 4.69) is 31.2 Å². The van der Waals surface area contributed by atoms with Gasteiger partial charge in [0.25, 0.3) is 0 Å². The number of anilines is 2. The number of aryl methyl sites for hydroxylation is 3. The molecular weight excluding hydrogens is 322 g/mol. The van der Waals surface area contributed by atoms with Gasteiger partial charge in [-0.15, -0.1) is 0 Å². The Labute approximate surface area is 125 Å².